The molecule has 62 heavy (non-hydrogen) atoms. The summed E-state index contributed by atoms with van der Waals surface area (Å²) in [5.41, 5.74) is 3.15. The predicted molar refractivity (Wildman–Crippen MR) is 235 cm³/mol. The molecule has 0 atom stereocenters. The monoisotopic (exact) mass is 828 g/mol. The van der Waals surface area contributed by atoms with E-state index in [0.29, 0.717) is 45.1 Å². The highest BCUT2D eigenvalue weighted by Gasteiger charge is 2.36. The van der Waals surface area contributed by atoms with Gasteiger partial charge in [-0.25, -0.2) is 0 Å². The lowest BCUT2D eigenvalue weighted by Gasteiger charge is -2.28. The summed E-state index contributed by atoms with van der Waals surface area (Å²) in [5, 5.41) is 6.58. The fraction of sp³-hybridized carbons (Fsp3) is 0.0385. The number of alkyl halides is 6. The molecule has 0 unspecified atom stereocenters. The minimum atomic E-state index is -4.57. The fourth-order valence-electron chi connectivity index (χ4n) is 8.66. The number of anilines is 6. The third-order valence-electron chi connectivity index (χ3n) is 11.4. The lowest BCUT2D eigenvalue weighted by molar-refractivity contribution is -0.137. The molecule has 4 nitrogen and oxygen atoms in total. The Balaban J connectivity index is 1.04. The van der Waals surface area contributed by atoms with Crippen LogP contribution in [0.5, 0.6) is 0 Å². The van der Waals surface area contributed by atoms with Crippen molar-refractivity contribution < 1.29 is 35.2 Å². The molecule has 0 bridgehead atoms. The van der Waals surface area contributed by atoms with E-state index in [1.165, 1.54) is 24.3 Å². The molecule has 0 spiro atoms. The third-order valence-corrected chi connectivity index (χ3v) is 11.4. The first-order chi connectivity index (χ1) is 30.0. The van der Waals surface area contributed by atoms with Gasteiger partial charge in [-0.3, -0.25) is 0 Å². The SMILES string of the molecule is FC(F)(F)c1ccccc1N(c1ccccc1)c1ccc2cc3c(cc2c1)oc1c3ccc2oc3cc4cc(N(c5ccccc5)c5ccccc5C(F)(F)F)ccc4cc3c21. The molecule has 302 valence electrons. The van der Waals surface area contributed by atoms with E-state index < -0.39 is 23.5 Å². The standard InChI is InChI=1S/C52H30F6N2O2/c53-51(54,55)42-15-7-9-17-44(42)59(35-11-3-1-4-12-35)37-21-19-31-27-40-39-23-24-46-49(50(39)62-47(40)29-33(31)25-37)41-28-32-20-22-38(26-34(32)30-48(41)61-46)60(36-13-5-2-6-14-36)45-18-10-8-16-43(45)52(56,57)58/h1-30H. The highest BCUT2D eigenvalue weighted by Crippen LogP contribution is 2.47. The van der Waals surface area contributed by atoms with Crippen LogP contribution in [0.2, 0.25) is 0 Å². The zero-order chi connectivity index (χ0) is 42.3. The van der Waals surface area contributed by atoms with Gasteiger partial charge in [0.25, 0.3) is 0 Å². The summed E-state index contributed by atoms with van der Waals surface area (Å²) in [7, 11) is 0. The molecule has 0 amide bonds. The number of halogens is 6. The van der Waals surface area contributed by atoms with E-state index in [2.05, 4.69) is 0 Å². The van der Waals surface area contributed by atoms with Crippen LogP contribution in [0.15, 0.2) is 191 Å². The van der Waals surface area contributed by atoms with Crippen LogP contribution in [0.25, 0.3) is 65.4 Å². The smallest absolute Gasteiger partial charge is 0.418 e. The van der Waals surface area contributed by atoms with Crippen LogP contribution in [0, 0.1) is 0 Å². The van der Waals surface area contributed by atoms with Gasteiger partial charge in [0.15, 0.2) is 0 Å². The normalized spacial score (nSPS) is 12.4. The summed E-state index contributed by atoms with van der Waals surface area (Å²) < 4.78 is 99.2. The average Bonchev–Trinajstić information content (AvgIpc) is 3.82. The van der Waals surface area contributed by atoms with E-state index in [1.807, 2.05) is 84.9 Å². The molecule has 0 N–H and O–H groups in total. The lowest BCUT2D eigenvalue weighted by atomic mass is 10.0. The van der Waals surface area contributed by atoms with Gasteiger partial charge in [0.05, 0.1) is 27.9 Å². The van der Waals surface area contributed by atoms with Crippen LogP contribution < -0.4 is 9.80 Å². The van der Waals surface area contributed by atoms with Crippen molar-refractivity contribution in [1.82, 2.24) is 0 Å². The summed E-state index contributed by atoms with van der Waals surface area (Å²) in [4.78, 5) is 3.22. The Bertz CT molecular complexity index is 3520. The minimum absolute atomic E-state index is 0.00633. The van der Waals surface area contributed by atoms with Crippen LogP contribution in [-0.2, 0) is 12.4 Å². The summed E-state index contributed by atoms with van der Waals surface area (Å²) in [6.07, 6.45) is -9.15. The summed E-state index contributed by atoms with van der Waals surface area (Å²) in [5.74, 6) is 0. The Labute approximate surface area is 349 Å². The first kappa shape index (κ1) is 37.3. The van der Waals surface area contributed by atoms with Gasteiger partial charge in [0.1, 0.15) is 22.3 Å². The Hall–Kier alpha value is -7.72. The molecule has 0 radical (unpaired) electrons. The van der Waals surface area contributed by atoms with E-state index in [1.54, 1.807) is 70.5 Å². The van der Waals surface area contributed by atoms with Gasteiger partial charge in [-0.15, -0.1) is 0 Å². The van der Waals surface area contributed by atoms with Gasteiger partial charge in [0.2, 0.25) is 0 Å². The van der Waals surface area contributed by atoms with Crippen molar-refractivity contribution >= 4 is 99.5 Å². The van der Waals surface area contributed by atoms with E-state index in [4.69, 9.17) is 8.83 Å². The number of nitrogens with zero attached hydrogens (tertiary/aromatic N) is 2. The molecule has 0 saturated heterocycles. The molecule has 10 heteroatoms. The molecule has 0 fully saturated rings. The number of rotatable bonds is 6. The highest BCUT2D eigenvalue weighted by atomic mass is 19.4. The molecule has 9 aromatic carbocycles. The molecule has 0 saturated carbocycles. The number of para-hydroxylation sites is 4. The number of hydrogen-bond donors (Lipinski definition) is 0. The molecule has 0 aliphatic heterocycles. The molecular formula is C52H30F6N2O2. The van der Waals surface area contributed by atoms with Gasteiger partial charge in [-0.1, -0.05) is 72.8 Å². The van der Waals surface area contributed by atoms with Crippen LogP contribution in [0.1, 0.15) is 11.1 Å². The van der Waals surface area contributed by atoms with E-state index in [9.17, 15) is 26.3 Å². The van der Waals surface area contributed by atoms with Crippen LogP contribution in [-0.4, -0.2) is 0 Å². The van der Waals surface area contributed by atoms with E-state index in [0.717, 1.165) is 55.2 Å². The molecule has 11 rings (SSSR count). The van der Waals surface area contributed by atoms with Crippen molar-refractivity contribution in [3.05, 3.63) is 193 Å². The number of fused-ring (bicyclic) bond motifs is 9. The zero-order valence-electron chi connectivity index (χ0n) is 32.3. The van der Waals surface area contributed by atoms with Gasteiger partial charge in [-0.2, -0.15) is 26.3 Å². The third kappa shape index (κ3) is 6.17. The van der Waals surface area contributed by atoms with Crippen molar-refractivity contribution in [3.63, 3.8) is 0 Å². The van der Waals surface area contributed by atoms with E-state index >= 15 is 0 Å². The molecule has 2 aromatic heterocycles. The van der Waals surface area contributed by atoms with Crippen LogP contribution in [0.4, 0.5) is 60.5 Å². The summed E-state index contributed by atoms with van der Waals surface area (Å²) in [6, 6.07) is 51.8. The Kier molecular flexibility index (Phi) is 8.37. The highest BCUT2D eigenvalue weighted by molar-refractivity contribution is 6.24. The first-order valence-corrected chi connectivity index (χ1v) is 19.7. The predicted octanol–water partition coefficient (Wildman–Crippen LogP) is 16.8. The second kappa shape index (κ2) is 13.9. The molecule has 11 aromatic rings. The average molecular weight is 829 g/mol. The lowest BCUT2D eigenvalue weighted by Crippen LogP contribution is -2.16. The summed E-state index contributed by atoms with van der Waals surface area (Å²) >= 11 is 0. The van der Waals surface area contributed by atoms with Gasteiger partial charge in [0, 0.05) is 38.9 Å². The van der Waals surface area contributed by atoms with Gasteiger partial charge < -0.3 is 18.6 Å². The van der Waals surface area contributed by atoms with E-state index in [-0.39, 0.29) is 11.4 Å². The molecule has 0 aliphatic carbocycles. The van der Waals surface area contributed by atoms with Gasteiger partial charge in [-0.05, 0) is 131 Å². The van der Waals surface area contributed by atoms with Crippen molar-refractivity contribution in [2.75, 3.05) is 9.80 Å². The Morgan fingerprint density at radius 1 is 0.339 bits per heavy atom. The second-order valence-corrected chi connectivity index (χ2v) is 15.2. The van der Waals surface area contributed by atoms with Crippen molar-refractivity contribution in [2.24, 2.45) is 0 Å². The van der Waals surface area contributed by atoms with Crippen molar-refractivity contribution in [2.45, 2.75) is 12.4 Å². The van der Waals surface area contributed by atoms with Crippen LogP contribution in [0.3, 0.4) is 0 Å². The van der Waals surface area contributed by atoms with Crippen molar-refractivity contribution in [3.8, 4) is 0 Å². The number of hydrogen-bond acceptors (Lipinski definition) is 4. The summed E-state index contributed by atoms with van der Waals surface area (Å²) in [6.45, 7) is 0. The maximum Gasteiger partial charge on any atom is 0.418 e. The molecule has 0 aliphatic rings. The Morgan fingerprint density at radius 2 is 0.806 bits per heavy atom. The fourth-order valence-corrected chi connectivity index (χ4v) is 8.66. The minimum Gasteiger partial charge on any atom is -0.456 e. The Morgan fingerprint density at radius 3 is 1.32 bits per heavy atom. The topological polar surface area (TPSA) is 32.8 Å². The maximum absolute atomic E-state index is 14.4. The first-order valence-electron chi connectivity index (χ1n) is 19.7. The maximum atomic E-state index is 14.4. The molecule has 2 heterocycles. The number of benzene rings is 9. The molecular weight excluding hydrogens is 799 g/mol. The van der Waals surface area contributed by atoms with Crippen LogP contribution >= 0.6 is 0 Å². The van der Waals surface area contributed by atoms with Gasteiger partial charge >= 0.3 is 12.4 Å². The zero-order valence-corrected chi connectivity index (χ0v) is 32.3. The second-order valence-electron chi connectivity index (χ2n) is 15.2. The number of furan rings is 2. The van der Waals surface area contributed by atoms with Crippen molar-refractivity contribution in [1.29, 1.82) is 0 Å². The quantitative estimate of drug-likeness (QED) is 0.156. The largest absolute Gasteiger partial charge is 0.456 e.